The Morgan fingerprint density at radius 1 is 1.26 bits per heavy atom. The number of ether oxygens (including phenoxy) is 1. The number of likely N-dealkylation sites (N-methyl/N-ethyl adjacent to an activating group) is 1. The summed E-state index contributed by atoms with van der Waals surface area (Å²) < 4.78 is 5.62. The van der Waals surface area contributed by atoms with Crippen molar-refractivity contribution < 1.29 is 14.8 Å². The van der Waals surface area contributed by atoms with Crippen LogP contribution in [0.4, 0.5) is 0 Å². The van der Waals surface area contributed by atoms with Crippen LogP contribution in [-0.2, 0) is 0 Å². The Balaban J connectivity index is 2.39. The Morgan fingerprint density at radius 2 is 1.95 bits per heavy atom. The molecule has 5 heteroatoms. The van der Waals surface area contributed by atoms with Crippen LogP contribution in [0, 0.1) is 5.41 Å². The van der Waals surface area contributed by atoms with Crippen molar-refractivity contribution in [1.29, 1.82) is 0 Å². The van der Waals surface area contributed by atoms with Gasteiger partial charge in [0.05, 0.1) is 0 Å². The van der Waals surface area contributed by atoms with Gasteiger partial charge >= 0.3 is 7.12 Å². The van der Waals surface area contributed by atoms with Crippen molar-refractivity contribution in [3.63, 3.8) is 0 Å². The predicted octanol–water partition coefficient (Wildman–Crippen LogP) is 0.723. The Kier molecular flexibility index (Phi) is 5.85. The molecule has 0 aliphatic carbocycles. The number of nitrogens with zero attached hydrogens (tertiary/aromatic N) is 1. The Hall–Kier alpha value is -1.04. The molecule has 0 atom stereocenters. The average Bonchev–Trinajstić information content (AvgIpc) is 2.27. The van der Waals surface area contributed by atoms with Gasteiger partial charge in [0.2, 0.25) is 0 Å². The lowest BCUT2D eigenvalue weighted by Gasteiger charge is -2.26. The van der Waals surface area contributed by atoms with Gasteiger partial charge in [-0.15, -0.1) is 0 Å². The third-order valence-electron chi connectivity index (χ3n) is 2.64. The van der Waals surface area contributed by atoms with E-state index >= 15 is 0 Å². The monoisotopic (exact) mass is 265 g/mol. The molecule has 0 amide bonds. The zero-order valence-electron chi connectivity index (χ0n) is 12.3. The molecule has 0 unspecified atom stereocenters. The van der Waals surface area contributed by atoms with Crippen LogP contribution in [0.2, 0.25) is 0 Å². The van der Waals surface area contributed by atoms with Gasteiger partial charge in [-0.25, -0.2) is 0 Å². The van der Waals surface area contributed by atoms with E-state index in [2.05, 4.69) is 32.7 Å². The third-order valence-corrected chi connectivity index (χ3v) is 2.64. The van der Waals surface area contributed by atoms with Crippen LogP contribution in [-0.4, -0.2) is 48.8 Å². The summed E-state index contributed by atoms with van der Waals surface area (Å²) >= 11 is 0. The second-order valence-electron chi connectivity index (χ2n) is 6.09. The lowest BCUT2D eigenvalue weighted by Crippen LogP contribution is -2.32. The first-order chi connectivity index (χ1) is 8.78. The zero-order chi connectivity index (χ0) is 14.5. The molecule has 19 heavy (non-hydrogen) atoms. The molecular formula is C14H24BNO3. The van der Waals surface area contributed by atoms with Crippen LogP contribution < -0.4 is 10.2 Å². The summed E-state index contributed by atoms with van der Waals surface area (Å²) in [4.78, 5) is 2.23. The van der Waals surface area contributed by atoms with E-state index in [0.29, 0.717) is 17.8 Å². The molecule has 0 saturated carbocycles. The van der Waals surface area contributed by atoms with Gasteiger partial charge in [-0.1, -0.05) is 32.9 Å². The van der Waals surface area contributed by atoms with Crippen LogP contribution in [0.3, 0.4) is 0 Å². The van der Waals surface area contributed by atoms with Crippen molar-refractivity contribution in [1.82, 2.24) is 4.90 Å². The highest BCUT2D eigenvalue weighted by molar-refractivity contribution is 6.58. The molecule has 4 nitrogen and oxygen atoms in total. The van der Waals surface area contributed by atoms with Gasteiger partial charge in [0.1, 0.15) is 12.4 Å². The van der Waals surface area contributed by atoms with Crippen molar-refractivity contribution in [2.75, 3.05) is 26.7 Å². The maximum absolute atomic E-state index is 9.08. The Labute approximate surface area is 116 Å². The summed E-state index contributed by atoms with van der Waals surface area (Å²) in [6, 6.07) is 6.87. The van der Waals surface area contributed by atoms with Crippen molar-refractivity contribution in [2.45, 2.75) is 20.8 Å². The first-order valence-electron chi connectivity index (χ1n) is 6.55. The summed E-state index contributed by atoms with van der Waals surface area (Å²) in [7, 11) is 0.620. The maximum atomic E-state index is 9.08. The fourth-order valence-corrected chi connectivity index (χ4v) is 1.97. The van der Waals surface area contributed by atoms with Gasteiger partial charge in [0.25, 0.3) is 0 Å². The molecule has 1 rings (SSSR count). The van der Waals surface area contributed by atoms with Crippen LogP contribution >= 0.6 is 0 Å². The van der Waals surface area contributed by atoms with E-state index in [1.807, 2.05) is 6.07 Å². The summed E-state index contributed by atoms with van der Waals surface area (Å²) in [5, 5.41) is 18.2. The van der Waals surface area contributed by atoms with E-state index in [1.54, 1.807) is 18.2 Å². The molecule has 2 N–H and O–H groups in total. The minimum absolute atomic E-state index is 0.273. The zero-order valence-corrected chi connectivity index (χ0v) is 12.3. The van der Waals surface area contributed by atoms with Crippen LogP contribution in [0.5, 0.6) is 5.75 Å². The molecule has 0 radical (unpaired) electrons. The molecule has 1 aromatic rings. The van der Waals surface area contributed by atoms with E-state index < -0.39 is 7.12 Å². The molecule has 106 valence electrons. The second-order valence-corrected chi connectivity index (χ2v) is 6.09. The van der Waals surface area contributed by atoms with Gasteiger partial charge in [-0.05, 0) is 30.1 Å². The quantitative estimate of drug-likeness (QED) is 0.744. The molecule has 0 aliphatic heterocycles. The molecule has 1 aromatic carbocycles. The third kappa shape index (κ3) is 6.62. The molecule has 0 heterocycles. The van der Waals surface area contributed by atoms with Crippen molar-refractivity contribution >= 4 is 12.6 Å². The fraction of sp³-hybridized carbons (Fsp3) is 0.571. The van der Waals surface area contributed by atoms with E-state index in [4.69, 9.17) is 14.8 Å². The second kappa shape index (κ2) is 6.94. The van der Waals surface area contributed by atoms with E-state index in [1.165, 1.54) is 0 Å². The summed E-state index contributed by atoms with van der Waals surface area (Å²) in [5.41, 5.74) is 0.718. The Bertz CT molecular complexity index is 391. The summed E-state index contributed by atoms with van der Waals surface area (Å²) in [6.45, 7) is 9.04. The lowest BCUT2D eigenvalue weighted by atomic mass is 9.80. The molecular weight excluding hydrogens is 241 g/mol. The van der Waals surface area contributed by atoms with Crippen molar-refractivity contribution in [3.8, 4) is 5.75 Å². The number of rotatable bonds is 6. The number of hydrogen-bond acceptors (Lipinski definition) is 4. The van der Waals surface area contributed by atoms with Gasteiger partial charge in [0.15, 0.2) is 0 Å². The minimum atomic E-state index is -1.45. The topological polar surface area (TPSA) is 52.9 Å². The molecule has 0 aliphatic rings. The number of hydrogen-bond donors (Lipinski definition) is 2. The molecule has 0 bridgehead atoms. The highest BCUT2D eigenvalue weighted by Crippen LogP contribution is 2.14. The first kappa shape index (κ1) is 16.0. The van der Waals surface area contributed by atoms with Crippen molar-refractivity contribution in [2.24, 2.45) is 5.41 Å². The van der Waals surface area contributed by atoms with Gasteiger partial charge < -0.3 is 19.7 Å². The first-order valence-corrected chi connectivity index (χ1v) is 6.55. The molecule has 0 spiro atoms. The van der Waals surface area contributed by atoms with Crippen LogP contribution in [0.15, 0.2) is 24.3 Å². The van der Waals surface area contributed by atoms with Crippen LogP contribution in [0.25, 0.3) is 0 Å². The summed E-state index contributed by atoms with van der Waals surface area (Å²) in [6.07, 6.45) is 0. The highest BCUT2D eigenvalue weighted by Gasteiger charge is 2.14. The normalized spacial score (nSPS) is 11.7. The SMILES string of the molecule is CN(CCOc1cccc(B(O)O)c1)CC(C)(C)C. The van der Waals surface area contributed by atoms with E-state index in [9.17, 15) is 0 Å². The van der Waals surface area contributed by atoms with Crippen molar-refractivity contribution in [3.05, 3.63) is 24.3 Å². The Morgan fingerprint density at radius 3 is 2.53 bits per heavy atom. The predicted molar refractivity (Wildman–Crippen MR) is 78.7 cm³/mol. The fourth-order valence-electron chi connectivity index (χ4n) is 1.97. The minimum Gasteiger partial charge on any atom is -0.492 e. The smallest absolute Gasteiger partial charge is 0.488 e. The largest absolute Gasteiger partial charge is 0.492 e. The van der Waals surface area contributed by atoms with E-state index in [0.717, 1.165) is 13.1 Å². The van der Waals surface area contributed by atoms with E-state index in [-0.39, 0.29) is 5.41 Å². The van der Waals surface area contributed by atoms with Gasteiger partial charge in [-0.3, -0.25) is 0 Å². The lowest BCUT2D eigenvalue weighted by molar-refractivity contribution is 0.188. The standard InChI is InChI=1S/C14H24BNO3/c1-14(2,3)11-16(4)8-9-19-13-7-5-6-12(10-13)15(17)18/h5-7,10,17-18H,8-9,11H2,1-4H3. The summed E-state index contributed by atoms with van der Waals surface area (Å²) in [5.74, 6) is 0.662. The molecule has 0 saturated heterocycles. The molecule has 0 fully saturated rings. The number of benzene rings is 1. The van der Waals surface area contributed by atoms with Gasteiger partial charge in [-0.2, -0.15) is 0 Å². The van der Waals surface area contributed by atoms with Crippen LogP contribution in [0.1, 0.15) is 20.8 Å². The van der Waals surface area contributed by atoms with Gasteiger partial charge in [0, 0.05) is 13.1 Å². The average molecular weight is 265 g/mol. The highest BCUT2D eigenvalue weighted by atomic mass is 16.5. The molecule has 0 aromatic heterocycles. The maximum Gasteiger partial charge on any atom is 0.488 e.